The molecule has 0 spiro atoms. The van der Waals surface area contributed by atoms with Gasteiger partial charge in [-0.05, 0) is 43.7 Å². The molecule has 0 unspecified atom stereocenters. The number of Topliss-reactive ketones (excluding diaryl/α,β-unsaturated/α-hetero) is 1. The van der Waals surface area contributed by atoms with Gasteiger partial charge in [0, 0.05) is 14.9 Å². The fourth-order valence-corrected chi connectivity index (χ4v) is 3.63. The van der Waals surface area contributed by atoms with Crippen molar-refractivity contribution in [3.8, 4) is 10.4 Å². The van der Waals surface area contributed by atoms with Gasteiger partial charge in [-0.25, -0.2) is 9.59 Å². The van der Waals surface area contributed by atoms with E-state index in [1.807, 2.05) is 0 Å². The third-order valence-corrected chi connectivity index (χ3v) is 4.66. The summed E-state index contributed by atoms with van der Waals surface area (Å²) < 4.78 is 9.70. The molecule has 1 heterocycles. The normalized spacial score (nSPS) is 10.4. The Balaban J connectivity index is 2.53. The number of benzene rings is 1. The van der Waals surface area contributed by atoms with Gasteiger partial charge in [-0.3, -0.25) is 4.79 Å². The summed E-state index contributed by atoms with van der Waals surface area (Å²) in [5.41, 5.74) is 0.631. The Hall–Kier alpha value is -1.89. The van der Waals surface area contributed by atoms with Crippen LogP contribution in [0.4, 0.5) is 0 Å². The van der Waals surface area contributed by atoms with Gasteiger partial charge in [0.1, 0.15) is 0 Å². The van der Waals surface area contributed by atoms with Crippen LogP contribution in [0.2, 0.25) is 10.0 Å². The van der Waals surface area contributed by atoms with Crippen LogP contribution in [0.3, 0.4) is 0 Å². The van der Waals surface area contributed by atoms with Crippen LogP contribution in [-0.4, -0.2) is 30.9 Å². The Labute approximate surface area is 158 Å². The van der Waals surface area contributed by atoms with Gasteiger partial charge in [0.25, 0.3) is 5.78 Å². The molecule has 132 valence electrons. The first-order chi connectivity index (χ1) is 11.9. The standard InChI is InChI=1S/C17H14Cl2O5S/c1-3-23-16(21)12-8-13(9-5-10(18)7-11(19)6-9)25-15(12)14(20)17(22)24-4-2/h5-8H,3-4H2,1-2H3. The first kappa shape index (κ1) is 19.4. The van der Waals surface area contributed by atoms with E-state index in [9.17, 15) is 14.4 Å². The Kier molecular flexibility index (Phi) is 6.58. The van der Waals surface area contributed by atoms with Crippen LogP contribution in [0.15, 0.2) is 24.3 Å². The molecule has 0 atom stereocenters. The monoisotopic (exact) mass is 400 g/mol. The average Bonchev–Trinajstić information content (AvgIpc) is 2.99. The Morgan fingerprint density at radius 2 is 1.56 bits per heavy atom. The maximum atomic E-state index is 12.3. The second kappa shape index (κ2) is 8.47. The third-order valence-electron chi connectivity index (χ3n) is 3.04. The summed E-state index contributed by atoms with van der Waals surface area (Å²) in [6, 6.07) is 6.34. The minimum absolute atomic E-state index is 0.0102. The van der Waals surface area contributed by atoms with Gasteiger partial charge in [0.05, 0.1) is 23.7 Å². The molecule has 5 nitrogen and oxygen atoms in total. The zero-order valence-electron chi connectivity index (χ0n) is 13.4. The predicted molar refractivity (Wildman–Crippen MR) is 96.7 cm³/mol. The molecule has 1 aromatic carbocycles. The molecule has 0 radical (unpaired) electrons. The summed E-state index contributed by atoms with van der Waals surface area (Å²) in [6.45, 7) is 3.43. The zero-order chi connectivity index (χ0) is 18.6. The first-order valence-corrected chi connectivity index (χ1v) is 8.93. The number of ketones is 1. The van der Waals surface area contributed by atoms with Gasteiger partial charge in [-0.2, -0.15) is 0 Å². The molecule has 0 bridgehead atoms. The van der Waals surface area contributed by atoms with Gasteiger partial charge in [0.15, 0.2) is 0 Å². The highest BCUT2D eigenvalue weighted by Gasteiger charge is 2.28. The molecule has 0 aliphatic rings. The van der Waals surface area contributed by atoms with Crippen LogP contribution < -0.4 is 0 Å². The molecular weight excluding hydrogens is 387 g/mol. The minimum Gasteiger partial charge on any atom is -0.462 e. The molecule has 0 saturated heterocycles. The van der Waals surface area contributed by atoms with Gasteiger partial charge in [-0.1, -0.05) is 23.2 Å². The highest BCUT2D eigenvalue weighted by molar-refractivity contribution is 7.18. The topological polar surface area (TPSA) is 69.7 Å². The van der Waals surface area contributed by atoms with Gasteiger partial charge < -0.3 is 9.47 Å². The lowest BCUT2D eigenvalue weighted by atomic mass is 10.1. The number of carbonyl (C=O) groups excluding carboxylic acids is 3. The molecule has 0 aliphatic heterocycles. The number of hydrogen-bond donors (Lipinski definition) is 0. The largest absolute Gasteiger partial charge is 0.462 e. The van der Waals surface area contributed by atoms with Crippen LogP contribution in [0.1, 0.15) is 33.9 Å². The number of hydrogen-bond acceptors (Lipinski definition) is 6. The van der Waals surface area contributed by atoms with Crippen LogP contribution in [-0.2, 0) is 14.3 Å². The molecule has 0 amide bonds. The molecule has 2 rings (SSSR count). The number of halogens is 2. The summed E-state index contributed by atoms with van der Waals surface area (Å²) in [5.74, 6) is -2.61. The molecule has 8 heteroatoms. The summed E-state index contributed by atoms with van der Waals surface area (Å²) in [6.07, 6.45) is 0. The van der Waals surface area contributed by atoms with Crippen molar-refractivity contribution in [2.24, 2.45) is 0 Å². The Morgan fingerprint density at radius 1 is 0.960 bits per heavy atom. The highest BCUT2D eigenvalue weighted by Crippen LogP contribution is 2.35. The predicted octanol–water partition coefficient (Wildman–Crippen LogP) is 4.64. The first-order valence-electron chi connectivity index (χ1n) is 7.36. The highest BCUT2D eigenvalue weighted by atomic mass is 35.5. The van der Waals surface area contributed by atoms with E-state index < -0.39 is 17.7 Å². The van der Waals surface area contributed by atoms with E-state index in [1.54, 1.807) is 32.0 Å². The lowest BCUT2D eigenvalue weighted by Gasteiger charge is -2.02. The van der Waals surface area contributed by atoms with Gasteiger partial charge >= 0.3 is 11.9 Å². The molecule has 0 N–H and O–H groups in total. The SMILES string of the molecule is CCOC(=O)C(=O)c1sc(-c2cc(Cl)cc(Cl)c2)cc1C(=O)OCC. The molecule has 0 aliphatic carbocycles. The third kappa shape index (κ3) is 4.60. The molecule has 0 fully saturated rings. The molecular formula is C17H14Cl2O5S. The maximum absolute atomic E-state index is 12.3. The fourth-order valence-electron chi connectivity index (χ4n) is 2.05. The van der Waals surface area contributed by atoms with E-state index in [-0.39, 0.29) is 23.7 Å². The van der Waals surface area contributed by atoms with Gasteiger partial charge in [-0.15, -0.1) is 11.3 Å². The fraction of sp³-hybridized carbons (Fsp3) is 0.235. The second-order valence-corrected chi connectivity index (χ2v) is 6.71. The van der Waals surface area contributed by atoms with Gasteiger partial charge in [0.2, 0.25) is 0 Å². The molecule has 1 aromatic heterocycles. The van der Waals surface area contributed by atoms with Crippen molar-refractivity contribution in [2.45, 2.75) is 13.8 Å². The van der Waals surface area contributed by atoms with E-state index in [0.717, 1.165) is 11.3 Å². The zero-order valence-corrected chi connectivity index (χ0v) is 15.8. The number of ether oxygens (including phenoxy) is 2. The van der Waals surface area contributed by atoms with Crippen molar-refractivity contribution in [2.75, 3.05) is 13.2 Å². The summed E-state index contributed by atoms with van der Waals surface area (Å²) in [4.78, 5) is 36.8. The quantitative estimate of drug-likeness (QED) is 0.401. The lowest BCUT2D eigenvalue weighted by molar-refractivity contribution is -0.137. The molecule has 2 aromatic rings. The lowest BCUT2D eigenvalue weighted by Crippen LogP contribution is -2.19. The maximum Gasteiger partial charge on any atom is 0.380 e. The van der Waals surface area contributed by atoms with Crippen molar-refractivity contribution < 1.29 is 23.9 Å². The summed E-state index contributed by atoms with van der Waals surface area (Å²) in [5, 5.41) is 0.818. The summed E-state index contributed by atoms with van der Waals surface area (Å²) >= 11 is 13.0. The smallest absolute Gasteiger partial charge is 0.380 e. The Bertz CT molecular complexity index is 808. The van der Waals surface area contributed by atoms with Crippen LogP contribution in [0, 0.1) is 0 Å². The number of thiophene rings is 1. The number of carbonyl (C=O) groups is 3. The minimum atomic E-state index is -1.02. The Morgan fingerprint density at radius 3 is 2.12 bits per heavy atom. The van der Waals surface area contributed by atoms with Crippen LogP contribution in [0.5, 0.6) is 0 Å². The van der Waals surface area contributed by atoms with E-state index in [1.165, 1.54) is 6.07 Å². The van der Waals surface area contributed by atoms with E-state index >= 15 is 0 Å². The van der Waals surface area contributed by atoms with E-state index in [2.05, 4.69) is 0 Å². The molecule has 25 heavy (non-hydrogen) atoms. The van der Waals surface area contributed by atoms with Crippen molar-refractivity contribution in [3.05, 3.63) is 44.8 Å². The van der Waals surface area contributed by atoms with Crippen molar-refractivity contribution in [1.29, 1.82) is 0 Å². The number of rotatable bonds is 6. The van der Waals surface area contributed by atoms with Crippen LogP contribution in [0.25, 0.3) is 10.4 Å². The van der Waals surface area contributed by atoms with E-state index in [4.69, 9.17) is 32.7 Å². The van der Waals surface area contributed by atoms with Crippen molar-refractivity contribution in [1.82, 2.24) is 0 Å². The summed E-state index contributed by atoms with van der Waals surface area (Å²) in [7, 11) is 0. The number of esters is 2. The van der Waals surface area contributed by atoms with E-state index in [0.29, 0.717) is 20.5 Å². The van der Waals surface area contributed by atoms with Crippen molar-refractivity contribution >= 4 is 52.3 Å². The second-order valence-electron chi connectivity index (χ2n) is 4.78. The van der Waals surface area contributed by atoms with Crippen molar-refractivity contribution in [3.63, 3.8) is 0 Å². The average molecular weight is 401 g/mol. The van der Waals surface area contributed by atoms with Crippen LogP contribution >= 0.6 is 34.5 Å². The molecule has 0 saturated carbocycles.